The first-order valence-electron chi connectivity index (χ1n) is 5.67. The van der Waals surface area contributed by atoms with Crippen LogP contribution in [0.15, 0.2) is 34.9 Å². The van der Waals surface area contributed by atoms with Gasteiger partial charge in [0.2, 0.25) is 0 Å². The number of rotatable bonds is 2. The Morgan fingerprint density at radius 2 is 2.00 bits per heavy atom. The lowest BCUT2D eigenvalue weighted by molar-refractivity contribution is 0.102. The molecule has 0 saturated heterocycles. The maximum atomic E-state index is 12.1. The Hall–Kier alpha value is -1.39. The summed E-state index contributed by atoms with van der Waals surface area (Å²) in [6, 6.07) is 8.84. The molecule has 0 spiro atoms. The second-order valence-corrected chi connectivity index (χ2v) is 5.49. The average molecular weight is 340 g/mol. The van der Waals surface area contributed by atoms with Crippen LogP contribution in [-0.2, 0) is 0 Å². The fraction of sp³-hybridized carbons (Fsp3) is 0.143. The second kappa shape index (κ2) is 5.72. The van der Waals surface area contributed by atoms with E-state index in [2.05, 4.69) is 26.2 Å². The third-order valence-electron chi connectivity index (χ3n) is 2.60. The number of pyridine rings is 1. The zero-order valence-corrected chi connectivity index (χ0v) is 12.8. The third kappa shape index (κ3) is 3.55. The highest BCUT2D eigenvalue weighted by Crippen LogP contribution is 2.19. The summed E-state index contributed by atoms with van der Waals surface area (Å²) < 4.78 is 0.738. The van der Waals surface area contributed by atoms with Gasteiger partial charge >= 0.3 is 0 Å². The Kier molecular flexibility index (Phi) is 4.22. The molecule has 0 unspecified atom stereocenters. The van der Waals surface area contributed by atoms with E-state index in [1.807, 2.05) is 26.0 Å². The number of hydrogen-bond acceptors (Lipinski definition) is 2. The molecule has 0 aliphatic rings. The van der Waals surface area contributed by atoms with Crippen LogP contribution in [0.25, 0.3) is 0 Å². The fourth-order valence-electron chi connectivity index (χ4n) is 1.72. The van der Waals surface area contributed by atoms with Crippen LogP contribution in [0.5, 0.6) is 0 Å². The molecule has 1 amide bonds. The molecule has 19 heavy (non-hydrogen) atoms. The van der Waals surface area contributed by atoms with Crippen molar-refractivity contribution in [3.63, 3.8) is 0 Å². The molecule has 1 aromatic carbocycles. The van der Waals surface area contributed by atoms with Gasteiger partial charge in [0.05, 0.1) is 11.4 Å². The molecule has 0 radical (unpaired) electrons. The normalized spacial score (nSPS) is 10.3. The summed E-state index contributed by atoms with van der Waals surface area (Å²) >= 11 is 9.24. The van der Waals surface area contributed by atoms with Crippen LogP contribution in [0.3, 0.4) is 0 Å². The van der Waals surface area contributed by atoms with Crippen molar-refractivity contribution in [1.29, 1.82) is 0 Å². The van der Waals surface area contributed by atoms with Gasteiger partial charge < -0.3 is 5.32 Å². The molecule has 98 valence electrons. The summed E-state index contributed by atoms with van der Waals surface area (Å²) in [6.45, 7) is 3.73. The third-order valence-corrected chi connectivity index (χ3v) is 3.26. The minimum absolute atomic E-state index is 0.196. The van der Waals surface area contributed by atoms with E-state index in [1.165, 1.54) is 0 Å². The van der Waals surface area contributed by atoms with E-state index >= 15 is 0 Å². The summed E-state index contributed by atoms with van der Waals surface area (Å²) in [4.78, 5) is 16.4. The molecule has 0 fully saturated rings. The zero-order chi connectivity index (χ0) is 14.0. The number of benzene rings is 1. The highest BCUT2D eigenvalue weighted by atomic mass is 79.9. The first-order chi connectivity index (χ1) is 8.95. The maximum Gasteiger partial charge on any atom is 0.255 e. The molecule has 1 aromatic heterocycles. The molecule has 2 rings (SSSR count). The summed E-state index contributed by atoms with van der Waals surface area (Å²) in [7, 11) is 0. The van der Waals surface area contributed by atoms with E-state index in [0.29, 0.717) is 16.3 Å². The molecule has 0 atom stereocenters. The Morgan fingerprint density at radius 3 is 2.63 bits per heavy atom. The van der Waals surface area contributed by atoms with Crippen molar-refractivity contribution in [2.45, 2.75) is 13.8 Å². The molecule has 0 aliphatic heterocycles. The van der Waals surface area contributed by atoms with Crippen LogP contribution < -0.4 is 5.32 Å². The van der Waals surface area contributed by atoms with Gasteiger partial charge in [0.15, 0.2) is 0 Å². The number of aromatic nitrogens is 1. The standard InChI is InChI=1S/C14H12BrClN2O/c1-8-5-10(7-11(16)6-8)14(19)18-12-3-4-13(15)17-9(12)2/h3-7H,1-2H3,(H,18,19). The van der Waals surface area contributed by atoms with E-state index < -0.39 is 0 Å². The number of nitrogens with zero attached hydrogens (tertiary/aromatic N) is 1. The van der Waals surface area contributed by atoms with Gasteiger partial charge in [-0.15, -0.1) is 0 Å². The van der Waals surface area contributed by atoms with Crippen LogP contribution in [-0.4, -0.2) is 10.9 Å². The Morgan fingerprint density at radius 1 is 1.26 bits per heavy atom. The Labute approximate surface area is 125 Å². The molecule has 0 aliphatic carbocycles. The zero-order valence-electron chi connectivity index (χ0n) is 10.5. The molecule has 5 heteroatoms. The number of nitrogens with one attached hydrogen (secondary N) is 1. The minimum Gasteiger partial charge on any atom is -0.320 e. The number of amides is 1. The summed E-state index contributed by atoms with van der Waals surface area (Å²) in [6.07, 6.45) is 0. The van der Waals surface area contributed by atoms with Gasteiger partial charge in [0.25, 0.3) is 5.91 Å². The van der Waals surface area contributed by atoms with Crippen molar-refractivity contribution in [2.75, 3.05) is 5.32 Å². The number of carbonyl (C=O) groups excluding carboxylic acids is 1. The van der Waals surface area contributed by atoms with Crippen molar-refractivity contribution in [2.24, 2.45) is 0 Å². The van der Waals surface area contributed by atoms with E-state index in [1.54, 1.807) is 18.2 Å². The highest BCUT2D eigenvalue weighted by Gasteiger charge is 2.09. The van der Waals surface area contributed by atoms with Gasteiger partial charge in [-0.25, -0.2) is 4.98 Å². The summed E-state index contributed by atoms with van der Waals surface area (Å²) in [5, 5.41) is 3.38. The van der Waals surface area contributed by atoms with E-state index in [9.17, 15) is 4.79 Å². The van der Waals surface area contributed by atoms with Crippen molar-refractivity contribution in [3.8, 4) is 0 Å². The SMILES string of the molecule is Cc1cc(Cl)cc(C(=O)Nc2ccc(Br)nc2C)c1. The number of halogens is 2. The van der Waals surface area contributed by atoms with Crippen LogP contribution in [0.4, 0.5) is 5.69 Å². The topological polar surface area (TPSA) is 42.0 Å². The molecule has 3 nitrogen and oxygen atoms in total. The summed E-state index contributed by atoms with van der Waals surface area (Å²) in [5.41, 5.74) is 2.92. The quantitative estimate of drug-likeness (QED) is 0.826. The Bertz CT molecular complexity index is 623. The van der Waals surface area contributed by atoms with E-state index in [-0.39, 0.29) is 5.91 Å². The smallest absolute Gasteiger partial charge is 0.255 e. The molecule has 0 saturated carbocycles. The number of carbonyl (C=O) groups is 1. The van der Waals surface area contributed by atoms with E-state index in [0.717, 1.165) is 15.9 Å². The van der Waals surface area contributed by atoms with Crippen molar-refractivity contribution >= 4 is 39.1 Å². The van der Waals surface area contributed by atoms with Crippen molar-refractivity contribution < 1.29 is 4.79 Å². The minimum atomic E-state index is -0.196. The van der Waals surface area contributed by atoms with Crippen LogP contribution in [0.1, 0.15) is 21.6 Å². The van der Waals surface area contributed by atoms with Gasteiger partial charge in [0, 0.05) is 10.6 Å². The lowest BCUT2D eigenvalue weighted by Crippen LogP contribution is -2.13. The second-order valence-electron chi connectivity index (χ2n) is 4.24. The van der Waals surface area contributed by atoms with Gasteiger partial charge in [-0.05, 0) is 65.7 Å². The van der Waals surface area contributed by atoms with Crippen LogP contribution >= 0.6 is 27.5 Å². The fourth-order valence-corrected chi connectivity index (χ4v) is 2.41. The predicted molar refractivity (Wildman–Crippen MR) is 80.8 cm³/mol. The first kappa shape index (κ1) is 14.0. The molecule has 1 N–H and O–H groups in total. The van der Waals surface area contributed by atoms with E-state index in [4.69, 9.17) is 11.6 Å². The van der Waals surface area contributed by atoms with Crippen LogP contribution in [0, 0.1) is 13.8 Å². The van der Waals surface area contributed by atoms with Crippen molar-refractivity contribution in [3.05, 3.63) is 56.8 Å². The van der Waals surface area contributed by atoms with Crippen LogP contribution in [0.2, 0.25) is 5.02 Å². The summed E-state index contributed by atoms with van der Waals surface area (Å²) in [5.74, 6) is -0.196. The molecule has 0 bridgehead atoms. The first-order valence-corrected chi connectivity index (χ1v) is 6.84. The molecular weight excluding hydrogens is 328 g/mol. The van der Waals surface area contributed by atoms with Gasteiger partial charge in [0.1, 0.15) is 4.60 Å². The average Bonchev–Trinajstić information content (AvgIpc) is 2.31. The van der Waals surface area contributed by atoms with Gasteiger partial charge in [-0.3, -0.25) is 4.79 Å². The number of anilines is 1. The van der Waals surface area contributed by atoms with Crippen molar-refractivity contribution in [1.82, 2.24) is 4.98 Å². The molecule has 2 aromatic rings. The molecule has 1 heterocycles. The number of aryl methyl sites for hydroxylation is 2. The lowest BCUT2D eigenvalue weighted by Gasteiger charge is -2.09. The highest BCUT2D eigenvalue weighted by molar-refractivity contribution is 9.10. The Balaban J connectivity index is 2.25. The van der Waals surface area contributed by atoms with Gasteiger partial charge in [-0.1, -0.05) is 11.6 Å². The van der Waals surface area contributed by atoms with Gasteiger partial charge in [-0.2, -0.15) is 0 Å². The maximum absolute atomic E-state index is 12.1. The number of hydrogen-bond donors (Lipinski definition) is 1. The monoisotopic (exact) mass is 338 g/mol. The predicted octanol–water partition coefficient (Wildman–Crippen LogP) is 4.37. The largest absolute Gasteiger partial charge is 0.320 e. The molecular formula is C14H12BrClN2O. The lowest BCUT2D eigenvalue weighted by atomic mass is 10.1.